The summed E-state index contributed by atoms with van der Waals surface area (Å²) >= 11 is 3.29. The summed E-state index contributed by atoms with van der Waals surface area (Å²) in [6.07, 6.45) is 5.37. The third-order valence-electron chi connectivity index (χ3n) is 3.83. The molecule has 0 N–H and O–H groups in total. The molecule has 26 heavy (non-hydrogen) atoms. The first kappa shape index (κ1) is 18.5. The van der Waals surface area contributed by atoms with E-state index in [9.17, 15) is 4.79 Å². The first-order valence-corrected chi connectivity index (χ1v) is 10.4. The molecule has 1 heterocycles. The van der Waals surface area contributed by atoms with Crippen molar-refractivity contribution in [1.82, 2.24) is 4.57 Å². The van der Waals surface area contributed by atoms with Gasteiger partial charge in [0, 0.05) is 24.4 Å². The SMILES string of the molecule is COc1ccc2sc(=NC(=O)C=Cc3ccccc3)n(CCSC)c2c1. The van der Waals surface area contributed by atoms with Crippen LogP contribution in [0.5, 0.6) is 5.75 Å². The maximum absolute atomic E-state index is 12.3. The van der Waals surface area contributed by atoms with Crippen LogP contribution in [0.2, 0.25) is 0 Å². The first-order chi connectivity index (χ1) is 12.7. The lowest BCUT2D eigenvalue weighted by Crippen LogP contribution is -2.17. The van der Waals surface area contributed by atoms with Crippen molar-refractivity contribution in [2.75, 3.05) is 19.1 Å². The van der Waals surface area contributed by atoms with Crippen molar-refractivity contribution >= 4 is 45.3 Å². The Labute approximate surface area is 160 Å². The van der Waals surface area contributed by atoms with E-state index in [2.05, 4.69) is 15.8 Å². The van der Waals surface area contributed by atoms with Gasteiger partial charge in [0.15, 0.2) is 4.80 Å². The van der Waals surface area contributed by atoms with E-state index in [1.165, 1.54) is 17.4 Å². The van der Waals surface area contributed by atoms with Gasteiger partial charge >= 0.3 is 0 Å². The minimum atomic E-state index is -0.259. The van der Waals surface area contributed by atoms with E-state index in [4.69, 9.17) is 4.74 Å². The van der Waals surface area contributed by atoms with Gasteiger partial charge < -0.3 is 9.30 Å². The van der Waals surface area contributed by atoms with Crippen molar-refractivity contribution in [3.8, 4) is 5.75 Å². The summed E-state index contributed by atoms with van der Waals surface area (Å²) in [4.78, 5) is 17.4. The molecule has 6 heteroatoms. The Kier molecular flexibility index (Phi) is 6.30. The number of aryl methyl sites for hydroxylation is 1. The molecule has 1 amide bonds. The number of methoxy groups -OCH3 is 1. The predicted octanol–water partition coefficient (Wildman–Crippen LogP) is 4.22. The lowest BCUT2D eigenvalue weighted by molar-refractivity contribution is -0.113. The van der Waals surface area contributed by atoms with E-state index in [-0.39, 0.29) is 5.91 Å². The molecule has 0 saturated heterocycles. The van der Waals surface area contributed by atoms with Crippen LogP contribution in [-0.4, -0.2) is 29.6 Å². The van der Waals surface area contributed by atoms with Gasteiger partial charge in [-0.2, -0.15) is 16.8 Å². The van der Waals surface area contributed by atoms with E-state index >= 15 is 0 Å². The third kappa shape index (κ3) is 4.45. The molecule has 4 nitrogen and oxygen atoms in total. The zero-order valence-electron chi connectivity index (χ0n) is 14.7. The molecule has 0 spiro atoms. The number of thiazole rings is 1. The quantitative estimate of drug-likeness (QED) is 0.598. The molecule has 0 radical (unpaired) electrons. The van der Waals surface area contributed by atoms with Crippen LogP contribution in [0.3, 0.4) is 0 Å². The molecule has 0 atom stereocenters. The average molecular weight is 385 g/mol. The van der Waals surface area contributed by atoms with E-state index in [0.717, 1.165) is 33.8 Å². The normalized spacial score (nSPS) is 12.2. The molecular formula is C20H20N2O2S2. The van der Waals surface area contributed by atoms with Crippen LogP contribution in [0.15, 0.2) is 59.6 Å². The maximum atomic E-state index is 12.3. The van der Waals surface area contributed by atoms with Gasteiger partial charge in [-0.15, -0.1) is 0 Å². The van der Waals surface area contributed by atoms with Crippen LogP contribution in [0.1, 0.15) is 5.56 Å². The Morgan fingerprint density at radius 1 is 1.27 bits per heavy atom. The second kappa shape index (κ2) is 8.87. The lowest BCUT2D eigenvalue weighted by atomic mass is 10.2. The van der Waals surface area contributed by atoms with Crippen LogP contribution in [0, 0.1) is 0 Å². The molecule has 3 rings (SSSR count). The highest BCUT2D eigenvalue weighted by Crippen LogP contribution is 2.23. The number of aromatic nitrogens is 1. The van der Waals surface area contributed by atoms with Gasteiger partial charge in [-0.05, 0) is 30.0 Å². The zero-order chi connectivity index (χ0) is 18.4. The highest BCUT2D eigenvalue weighted by Gasteiger charge is 2.08. The number of benzene rings is 2. The Balaban J connectivity index is 1.98. The van der Waals surface area contributed by atoms with Gasteiger partial charge in [-0.3, -0.25) is 4.79 Å². The van der Waals surface area contributed by atoms with Crippen molar-refractivity contribution in [3.63, 3.8) is 0 Å². The van der Waals surface area contributed by atoms with Crippen LogP contribution in [-0.2, 0) is 11.3 Å². The van der Waals surface area contributed by atoms with Crippen LogP contribution < -0.4 is 9.54 Å². The zero-order valence-corrected chi connectivity index (χ0v) is 16.3. The molecule has 0 bridgehead atoms. The molecule has 2 aromatic carbocycles. The number of fused-ring (bicyclic) bond motifs is 1. The van der Waals surface area contributed by atoms with Gasteiger partial charge in [-0.1, -0.05) is 41.7 Å². The summed E-state index contributed by atoms with van der Waals surface area (Å²) in [5.74, 6) is 1.49. The number of rotatable bonds is 6. The van der Waals surface area contributed by atoms with Gasteiger partial charge in [0.25, 0.3) is 5.91 Å². The largest absolute Gasteiger partial charge is 0.497 e. The molecule has 0 unspecified atom stereocenters. The van der Waals surface area contributed by atoms with Gasteiger partial charge in [0.2, 0.25) is 0 Å². The van der Waals surface area contributed by atoms with E-state index < -0.39 is 0 Å². The monoisotopic (exact) mass is 384 g/mol. The number of hydrogen-bond donors (Lipinski definition) is 0. The van der Waals surface area contributed by atoms with Crippen LogP contribution in [0.4, 0.5) is 0 Å². The second-order valence-electron chi connectivity index (χ2n) is 5.56. The minimum Gasteiger partial charge on any atom is -0.497 e. The number of carbonyl (C=O) groups is 1. The van der Waals surface area contributed by atoms with Gasteiger partial charge in [0.05, 0.1) is 17.3 Å². The molecule has 0 aliphatic heterocycles. The van der Waals surface area contributed by atoms with Crippen LogP contribution >= 0.6 is 23.1 Å². The number of amides is 1. The summed E-state index contributed by atoms with van der Waals surface area (Å²) in [7, 11) is 1.66. The number of thioether (sulfide) groups is 1. The Bertz CT molecular complexity index is 988. The molecule has 1 aromatic heterocycles. The van der Waals surface area contributed by atoms with E-state index in [0.29, 0.717) is 4.80 Å². The smallest absolute Gasteiger partial charge is 0.272 e. The Morgan fingerprint density at radius 2 is 2.08 bits per heavy atom. The number of hydrogen-bond acceptors (Lipinski definition) is 4. The van der Waals surface area contributed by atoms with E-state index in [1.807, 2.05) is 48.5 Å². The number of nitrogens with zero attached hydrogens (tertiary/aromatic N) is 2. The molecule has 0 saturated carbocycles. The predicted molar refractivity (Wildman–Crippen MR) is 111 cm³/mol. The van der Waals surface area contributed by atoms with Crippen LogP contribution in [0.25, 0.3) is 16.3 Å². The average Bonchev–Trinajstić information content (AvgIpc) is 3.01. The molecule has 3 aromatic rings. The topological polar surface area (TPSA) is 43.6 Å². The summed E-state index contributed by atoms with van der Waals surface area (Å²) in [5, 5.41) is 0. The molecule has 0 aliphatic rings. The van der Waals surface area contributed by atoms with Crippen molar-refractivity contribution in [2.24, 2.45) is 4.99 Å². The fourth-order valence-corrected chi connectivity index (χ4v) is 3.93. The molecule has 0 fully saturated rings. The minimum absolute atomic E-state index is 0.259. The van der Waals surface area contributed by atoms with E-state index in [1.54, 1.807) is 24.9 Å². The molecule has 134 valence electrons. The van der Waals surface area contributed by atoms with Crippen molar-refractivity contribution in [1.29, 1.82) is 0 Å². The standard InChI is InChI=1S/C20H20N2O2S2/c1-24-16-9-10-18-17(14-16)22(12-13-25-2)20(26-18)21-19(23)11-8-15-6-4-3-5-7-15/h3-11,14H,12-13H2,1-2H3. The lowest BCUT2D eigenvalue weighted by Gasteiger charge is -2.05. The summed E-state index contributed by atoms with van der Waals surface area (Å²) in [6.45, 7) is 0.794. The van der Waals surface area contributed by atoms with Crippen molar-refractivity contribution in [3.05, 3.63) is 65.0 Å². The van der Waals surface area contributed by atoms with Crippen molar-refractivity contribution in [2.45, 2.75) is 6.54 Å². The fourth-order valence-electron chi connectivity index (χ4n) is 2.52. The first-order valence-electron chi connectivity index (χ1n) is 8.19. The fraction of sp³-hybridized carbons (Fsp3) is 0.200. The second-order valence-corrected chi connectivity index (χ2v) is 7.55. The summed E-state index contributed by atoms with van der Waals surface area (Å²) in [6, 6.07) is 15.7. The van der Waals surface area contributed by atoms with Gasteiger partial charge in [0.1, 0.15) is 5.75 Å². The highest BCUT2D eigenvalue weighted by molar-refractivity contribution is 7.98. The highest BCUT2D eigenvalue weighted by atomic mass is 32.2. The maximum Gasteiger partial charge on any atom is 0.272 e. The Hall–Kier alpha value is -2.31. The molecule has 0 aliphatic carbocycles. The number of carbonyl (C=O) groups excluding carboxylic acids is 1. The number of ether oxygens (including phenoxy) is 1. The summed E-state index contributed by atoms with van der Waals surface area (Å²) < 4.78 is 8.52. The summed E-state index contributed by atoms with van der Waals surface area (Å²) in [5.41, 5.74) is 2.02. The van der Waals surface area contributed by atoms with Gasteiger partial charge in [-0.25, -0.2) is 0 Å². The molecular weight excluding hydrogens is 364 g/mol. The third-order valence-corrected chi connectivity index (χ3v) is 5.48. The van der Waals surface area contributed by atoms with Crippen molar-refractivity contribution < 1.29 is 9.53 Å². The Morgan fingerprint density at radius 3 is 2.81 bits per heavy atom.